The van der Waals surface area contributed by atoms with Gasteiger partial charge in [0.2, 0.25) is 0 Å². The van der Waals surface area contributed by atoms with Crippen molar-refractivity contribution in [3.63, 3.8) is 0 Å². The largest absolute Gasteiger partial charge is 0.460 e. The van der Waals surface area contributed by atoms with Crippen LogP contribution in [0.2, 0.25) is 0 Å². The Bertz CT molecular complexity index is 893. The van der Waals surface area contributed by atoms with Crippen LogP contribution in [0.4, 0.5) is 4.39 Å². The van der Waals surface area contributed by atoms with E-state index in [-0.39, 0.29) is 12.2 Å². The van der Waals surface area contributed by atoms with E-state index in [1.54, 1.807) is 19.2 Å². The molecule has 0 radical (unpaired) electrons. The molecule has 0 saturated heterocycles. The molecule has 0 saturated carbocycles. The predicted molar refractivity (Wildman–Crippen MR) is 151 cm³/mol. The first-order chi connectivity index (χ1) is 17.6. The van der Waals surface area contributed by atoms with E-state index in [0.717, 1.165) is 6.42 Å². The first-order valence-electron chi connectivity index (χ1n) is 13.3. The normalized spacial score (nSPS) is 12.4. The van der Waals surface area contributed by atoms with Crippen LogP contribution in [0.25, 0.3) is 0 Å². The molecule has 0 bridgehead atoms. The van der Waals surface area contributed by atoms with Gasteiger partial charge in [-0.15, -0.1) is 0 Å². The Balaban J connectivity index is 2.02. The molecule has 1 N–H and O–H groups in total. The van der Waals surface area contributed by atoms with Crippen molar-refractivity contribution in [2.24, 2.45) is 0 Å². The summed E-state index contributed by atoms with van der Waals surface area (Å²) < 4.78 is 18.4. The van der Waals surface area contributed by atoms with E-state index in [0.29, 0.717) is 12.1 Å². The lowest BCUT2D eigenvalue weighted by Crippen LogP contribution is -2.17. The Morgan fingerprint density at radius 2 is 1.42 bits per heavy atom. The summed E-state index contributed by atoms with van der Waals surface area (Å²) in [6.07, 6.45) is 35.9. The number of halogens is 1. The Morgan fingerprint density at radius 3 is 2.08 bits per heavy atom. The van der Waals surface area contributed by atoms with Gasteiger partial charge in [0.1, 0.15) is 12.4 Å². The Hall–Kier alpha value is -3.14. The molecule has 0 amide bonds. The van der Waals surface area contributed by atoms with Gasteiger partial charge in [-0.3, -0.25) is 0 Å². The van der Waals surface area contributed by atoms with Crippen molar-refractivity contribution in [1.82, 2.24) is 5.32 Å². The average Bonchev–Trinajstić information content (AvgIpc) is 2.88. The summed E-state index contributed by atoms with van der Waals surface area (Å²) in [6, 6.07) is 4.09. The maximum absolute atomic E-state index is 13.3. The SMILES string of the molecule is CCCCCCCCCCC=CC=CC=CC=CC=CC=CNCCOC(=O)c1cc(F)ccc1C. The molecular formula is C32H44FNO2. The topological polar surface area (TPSA) is 38.3 Å². The zero-order valence-corrected chi connectivity index (χ0v) is 22.1. The molecule has 0 heterocycles. The lowest BCUT2D eigenvalue weighted by Gasteiger charge is -2.07. The molecule has 0 aliphatic heterocycles. The van der Waals surface area contributed by atoms with Gasteiger partial charge in [0, 0.05) is 6.54 Å². The molecule has 196 valence electrons. The van der Waals surface area contributed by atoms with E-state index >= 15 is 0 Å². The Kier molecular flexibility index (Phi) is 19.2. The van der Waals surface area contributed by atoms with E-state index in [1.165, 1.54) is 63.5 Å². The molecule has 0 spiro atoms. The minimum atomic E-state index is -0.513. The maximum Gasteiger partial charge on any atom is 0.338 e. The Labute approximate surface area is 218 Å². The quantitative estimate of drug-likeness (QED) is 0.119. The highest BCUT2D eigenvalue weighted by atomic mass is 19.1. The summed E-state index contributed by atoms with van der Waals surface area (Å²) in [5, 5.41) is 3.04. The van der Waals surface area contributed by atoms with Gasteiger partial charge in [-0.1, -0.05) is 119 Å². The summed E-state index contributed by atoms with van der Waals surface area (Å²) in [4.78, 5) is 12.0. The molecule has 0 aliphatic carbocycles. The average molecular weight is 494 g/mol. The first-order valence-corrected chi connectivity index (χ1v) is 13.3. The number of nitrogens with one attached hydrogen (secondary N) is 1. The molecular weight excluding hydrogens is 449 g/mol. The number of unbranched alkanes of at least 4 members (excludes halogenated alkanes) is 8. The van der Waals surface area contributed by atoms with Gasteiger partial charge in [-0.05, 0) is 49.7 Å². The van der Waals surface area contributed by atoms with Crippen molar-refractivity contribution in [2.45, 2.75) is 71.6 Å². The van der Waals surface area contributed by atoms with Crippen molar-refractivity contribution in [3.8, 4) is 0 Å². The molecule has 36 heavy (non-hydrogen) atoms. The van der Waals surface area contributed by atoms with Crippen LogP contribution in [0, 0.1) is 12.7 Å². The predicted octanol–water partition coefficient (Wildman–Crippen LogP) is 8.71. The van der Waals surface area contributed by atoms with Gasteiger partial charge in [-0.25, -0.2) is 9.18 Å². The molecule has 0 atom stereocenters. The first kappa shape index (κ1) is 30.9. The van der Waals surface area contributed by atoms with Crippen LogP contribution in [0.3, 0.4) is 0 Å². The molecule has 4 heteroatoms. The third kappa shape index (κ3) is 17.3. The summed E-state index contributed by atoms with van der Waals surface area (Å²) in [5.41, 5.74) is 0.954. The highest BCUT2D eigenvalue weighted by Gasteiger charge is 2.11. The number of allylic oxidation sites excluding steroid dienone is 11. The standard InChI is InChI=1S/C32H44FNO2/c1-3-4-5-6-7-8-9-10-11-12-13-14-15-16-17-18-19-20-21-22-25-34-26-27-36-32(35)31-28-30(33)24-23-29(31)2/h12-25,28,34H,3-11,26-27H2,1-2H3. The molecule has 3 nitrogen and oxygen atoms in total. The third-order valence-electron chi connectivity index (χ3n) is 5.47. The van der Waals surface area contributed by atoms with Gasteiger partial charge in [0.15, 0.2) is 0 Å². The van der Waals surface area contributed by atoms with Crippen LogP contribution in [0.15, 0.2) is 91.2 Å². The van der Waals surface area contributed by atoms with Gasteiger partial charge >= 0.3 is 5.97 Å². The second kappa shape index (κ2) is 22.3. The lowest BCUT2D eigenvalue weighted by atomic mass is 10.1. The molecule has 1 rings (SSSR count). The number of ether oxygens (including phenoxy) is 1. The van der Waals surface area contributed by atoms with Crippen LogP contribution >= 0.6 is 0 Å². The zero-order valence-electron chi connectivity index (χ0n) is 22.1. The van der Waals surface area contributed by atoms with Gasteiger partial charge < -0.3 is 10.1 Å². The van der Waals surface area contributed by atoms with Crippen molar-refractivity contribution < 1.29 is 13.9 Å². The highest BCUT2D eigenvalue weighted by Crippen LogP contribution is 2.11. The molecule has 0 unspecified atom stereocenters. The molecule has 1 aromatic carbocycles. The molecule has 0 aliphatic rings. The zero-order chi connectivity index (χ0) is 26.1. The monoisotopic (exact) mass is 493 g/mol. The van der Waals surface area contributed by atoms with E-state index in [9.17, 15) is 9.18 Å². The summed E-state index contributed by atoms with van der Waals surface area (Å²) in [6.45, 7) is 4.69. The number of rotatable bonds is 19. The van der Waals surface area contributed by atoms with Crippen LogP contribution in [0.5, 0.6) is 0 Å². The number of hydrogen-bond donors (Lipinski definition) is 1. The Morgan fingerprint density at radius 1 is 0.833 bits per heavy atom. The van der Waals surface area contributed by atoms with Crippen molar-refractivity contribution in [3.05, 3.63) is 108 Å². The fourth-order valence-corrected chi connectivity index (χ4v) is 3.39. The van der Waals surface area contributed by atoms with Crippen molar-refractivity contribution in [2.75, 3.05) is 13.2 Å². The number of aryl methyl sites for hydroxylation is 1. The van der Waals surface area contributed by atoms with Gasteiger partial charge in [-0.2, -0.15) is 0 Å². The van der Waals surface area contributed by atoms with E-state index in [4.69, 9.17) is 4.74 Å². The van der Waals surface area contributed by atoms with Gasteiger partial charge in [0.25, 0.3) is 0 Å². The van der Waals surface area contributed by atoms with Crippen LogP contribution in [-0.4, -0.2) is 19.1 Å². The van der Waals surface area contributed by atoms with Crippen LogP contribution in [0.1, 0.15) is 80.6 Å². The fourth-order valence-electron chi connectivity index (χ4n) is 3.39. The molecule has 0 fully saturated rings. The summed E-state index contributed by atoms with van der Waals surface area (Å²) in [5.74, 6) is -0.960. The van der Waals surface area contributed by atoms with Crippen molar-refractivity contribution in [1.29, 1.82) is 0 Å². The highest BCUT2D eigenvalue weighted by molar-refractivity contribution is 5.91. The second-order valence-electron chi connectivity index (χ2n) is 8.64. The smallest absolute Gasteiger partial charge is 0.338 e. The number of hydrogen-bond acceptors (Lipinski definition) is 3. The fraction of sp³-hybridized carbons (Fsp3) is 0.406. The van der Waals surface area contributed by atoms with Crippen LogP contribution in [-0.2, 0) is 4.74 Å². The minimum absolute atomic E-state index is 0.204. The molecule has 1 aromatic rings. The van der Waals surface area contributed by atoms with E-state index < -0.39 is 11.8 Å². The summed E-state index contributed by atoms with van der Waals surface area (Å²) in [7, 11) is 0. The number of benzene rings is 1. The number of esters is 1. The summed E-state index contributed by atoms with van der Waals surface area (Å²) >= 11 is 0. The van der Waals surface area contributed by atoms with Crippen molar-refractivity contribution >= 4 is 5.97 Å². The third-order valence-corrected chi connectivity index (χ3v) is 5.47. The van der Waals surface area contributed by atoms with E-state index in [1.807, 2.05) is 48.6 Å². The van der Waals surface area contributed by atoms with Gasteiger partial charge in [0.05, 0.1) is 5.56 Å². The lowest BCUT2D eigenvalue weighted by molar-refractivity contribution is 0.0510. The van der Waals surface area contributed by atoms with Crippen LogP contribution < -0.4 is 5.32 Å². The molecule has 0 aromatic heterocycles. The second-order valence-corrected chi connectivity index (χ2v) is 8.64. The maximum atomic E-state index is 13.3. The minimum Gasteiger partial charge on any atom is -0.460 e. The number of carbonyl (C=O) groups excluding carboxylic acids is 1. The number of carbonyl (C=O) groups is 1. The van der Waals surface area contributed by atoms with E-state index in [2.05, 4.69) is 30.5 Å².